The highest BCUT2D eigenvalue weighted by Gasteiger charge is 2.23. The molecule has 5 rings (SSSR count). The van der Waals surface area contributed by atoms with E-state index in [0.717, 1.165) is 41.4 Å². The zero-order valence-corrected chi connectivity index (χ0v) is 20.4. The van der Waals surface area contributed by atoms with Crippen molar-refractivity contribution in [3.63, 3.8) is 0 Å². The monoisotopic (exact) mass is 521 g/mol. The Kier molecular flexibility index (Phi) is 6.31. The maximum absolute atomic E-state index is 15.1. The number of nitrogens with zero attached hydrogens (tertiary/aromatic N) is 3. The van der Waals surface area contributed by atoms with Gasteiger partial charge in [0.1, 0.15) is 23.6 Å². The molecule has 2 aromatic carbocycles. The van der Waals surface area contributed by atoms with E-state index >= 15 is 4.39 Å². The van der Waals surface area contributed by atoms with Gasteiger partial charge in [-0.25, -0.2) is 14.4 Å². The van der Waals surface area contributed by atoms with Crippen molar-refractivity contribution >= 4 is 69.3 Å². The molecule has 0 saturated heterocycles. The second-order valence-corrected chi connectivity index (χ2v) is 9.93. The van der Waals surface area contributed by atoms with Crippen molar-refractivity contribution in [1.82, 2.24) is 14.5 Å². The van der Waals surface area contributed by atoms with Crippen molar-refractivity contribution < 1.29 is 4.39 Å². The van der Waals surface area contributed by atoms with Crippen LogP contribution in [0.1, 0.15) is 31.7 Å². The number of hydrogen-bond donors (Lipinski definition) is 2. The first-order valence-electron chi connectivity index (χ1n) is 10.4. The van der Waals surface area contributed by atoms with Crippen LogP contribution in [-0.2, 0) is 0 Å². The van der Waals surface area contributed by atoms with Crippen LogP contribution in [0.2, 0.25) is 15.1 Å². The molecule has 5 nitrogen and oxygen atoms in total. The molecule has 0 amide bonds. The van der Waals surface area contributed by atoms with Crippen LogP contribution >= 0.6 is 46.8 Å². The summed E-state index contributed by atoms with van der Waals surface area (Å²) in [6.45, 7) is 0. The standard InChI is InChI=1S/C23H19Cl3FN5S/c24-15-6-8-18(21(26)20(15)25)33-31-17-7-5-12(9-16(17)27)14-10-32(13-3-1-2-4-13)23-19(14)22(28)29-11-30-23/h5-11,13,31H,1-4H2,(H2,28,29,30). The summed E-state index contributed by atoms with van der Waals surface area (Å²) >= 11 is 19.5. The predicted molar refractivity (Wildman–Crippen MR) is 136 cm³/mol. The van der Waals surface area contributed by atoms with Gasteiger partial charge in [0.25, 0.3) is 0 Å². The molecule has 2 heterocycles. The molecule has 2 aromatic heterocycles. The van der Waals surface area contributed by atoms with Crippen molar-refractivity contribution in [2.24, 2.45) is 0 Å². The van der Waals surface area contributed by atoms with Gasteiger partial charge in [0.2, 0.25) is 0 Å². The molecule has 0 atom stereocenters. The average Bonchev–Trinajstić information content (AvgIpc) is 3.46. The van der Waals surface area contributed by atoms with Gasteiger partial charge in [0, 0.05) is 22.7 Å². The summed E-state index contributed by atoms with van der Waals surface area (Å²) in [7, 11) is 0. The van der Waals surface area contributed by atoms with E-state index in [-0.39, 0.29) is 5.02 Å². The lowest BCUT2D eigenvalue weighted by Crippen LogP contribution is -2.04. The highest BCUT2D eigenvalue weighted by atomic mass is 35.5. The van der Waals surface area contributed by atoms with Crippen LogP contribution in [0.25, 0.3) is 22.2 Å². The first kappa shape index (κ1) is 22.6. The molecular weight excluding hydrogens is 504 g/mol. The van der Waals surface area contributed by atoms with Gasteiger partial charge in [-0.15, -0.1) is 0 Å². The van der Waals surface area contributed by atoms with E-state index in [2.05, 4.69) is 19.3 Å². The van der Waals surface area contributed by atoms with Crippen LogP contribution in [0, 0.1) is 5.82 Å². The predicted octanol–water partition coefficient (Wildman–Crippen LogP) is 8.01. The van der Waals surface area contributed by atoms with Crippen molar-refractivity contribution in [2.45, 2.75) is 36.6 Å². The second kappa shape index (κ2) is 9.22. The SMILES string of the molecule is Nc1ncnc2c1c(-c1ccc(NSc3ccc(Cl)c(Cl)c3Cl)c(F)c1)cn2C1CCCC1. The largest absolute Gasteiger partial charge is 0.383 e. The van der Waals surface area contributed by atoms with Crippen molar-refractivity contribution in [3.8, 4) is 11.1 Å². The maximum Gasteiger partial charge on any atom is 0.147 e. The molecule has 1 fully saturated rings. The molecule has 4 aromatic rings. The van der Waals surface area contributed by atoms with E-state index < -0.39 is 5.82 Å². The number of halogens is 4. The Bertz CT molecular complexity index is 1350. The Hall–Kier alpha value is -2.19. The summed E-state index contributed by atoms with van der Waals surface area (Å²) in [6, 6.07) is 8.76. The van der Waals surface area contributed by atoms with E-state index in [4.69, 9.17) is 40.5 Å². The minimum absolute atomic E-state index is 0.263. The fourth-order valence-corrected chi connectivity index (χ4v) is 5.67. The van der Waals surface area contributed by atoms with Gasteiger partial charge in [-0.2, -0.15) is 0 Å². The molecule has 0 spiro atoms. The molecule has 1 aliphatic rings. The van der Waals surface area contributed by atoms with Gasteiger partial charge in [0.05, 0.1) is 26.1 Å². The van der Waals surface area contributed by atoms with Crippen LogP contribution in [0.15, 0.2) is 47.8 Å². The smallest absolute Gasteiger partial charge is 0.147 e. The van der Waals surface area contributed by atoms with E-state index in [1.54, 1.807) is 18.2 Å². The van der Waals surface area contributed by atoms with E-state index in [1.807, 2.05) is 12.3 Å². The fourth-order valence-electron chi connectivity index (χ4n) is 4.25. The third kappa shape index (κ3) is 4.23. The Morgan fingerprint density at radius 2 is 1.85 bits per heavy atom. The third-order valence-corrected chi connectivity index (χ3v) is 8.20. The zero-order valence-electron chi connectivity index (χ0n) is 17.3. The summed E-state index contributed by atoms with van der Waals surface area (Å²) in [5.74, 6) is -0.0208. The van der Waals surface area contributed by atoms with Gasteiger partial charge in [-0.05, 0) is 54.6 Å². The number of rotatable bonds is 5. The number of aromatic nitrogens is 3. The van der Waals surface area contributed by atoms with E-state index in [1.165, 1.54) is 25.2 Å². The molecule has 33 heavy (non-hydrogen) atoms. The van der Waals surface area contributed by atoms with Gasteiger partial charge in [-0.3, -0.25) is 0 Å². The Balaban J connectivity index is 1.47. The van der Waals surface area contributed by atoms with E-state index in [0.29, 0.717) is 38.1 Å². The molecule has 0 radical (unpaired) electrons. The number of hydrogen-bond acceptors (Lipinski definition) is 5. The average molecular weight is 523 g/mol. The highest BCUT2D eigenvalue weighted by molar-refractivity contribution is 8.00. The lowest BCUT2D eigenvalue weighted by Gasteiger charge is -2.12. The molecule has 170 valence electrons. The Morgan fingerprint density at radius 1 is 1.06 bits per heavy atom. The van der Waals surface area contributed by atoms with Crippen LogP contribution in [0.5, 0.6) is 0 Å². The molecule has 1 aliphatic carbocycles. The lowest BCUT2D eigenvalue weighted by molar-refractivity contribution is 0.532. The quantitative estimate of drug-likeness (QED) is 0.205. The van der Waals surface area contributed by atoms with Crippen molar-refractivity contribution in [1.29, 1.82) is 0 Å². The number of benzene rings is 2. The minimum atomic E-state index is -0.409. The zero-order chi connectivity index (χ0) is 23.1. The second-order valence-electron chi connectivity index (χ2n) is 7.92. The van der Waals surface area contributed by atoms with Crippen LogP contribution in [0.4, 0.5) is 15.9 Å². The molecule has 0 aliphatic heterocycles. The van der Waals surface area contributed by atoms with Gasteiger partial charge >= 0.3 is 0 Å². The molecule has 1 saturated carbocycles. The number of nitrogens with one attached hydrogen (secondary N) is 1. The molecule has 3 N–H and O–H groups in total. The normalized spacial score (nSPS) is 14.3. The van der Waals surface area contributed by atoms with Crippen molar-refractivity contribution in [2.75, 3.05) is 10.5 Å². The Labute approximate surface area is 209 Å². The summed E-state index contributed by atoms with van der Waals surface area (Å²) in [5, 5.41) is 1.69. The van der Waals surface area contributed by atoms with E-state index in [9.17, 15) is 0 Å². The van der Waals surface area contributed by atoms with Crippen LogP contribution in [-0.4, -0.2) is 14.5 Å². The summed E-state index contributed by atoms with van der Waals surface area (Å²) in [5.41, 5.74) is 8.85. The number of fused-ring (bicyclic) bond motifs is 1. The first-order valence-corrected chi connectivity index (χ1v) is 12.4. The summed E-state index contributed by atoms with van der Waals surface area (Å²) in [6.07, 6.45) is 8.08. The first-order chi connectivity index (χ1) is 15.9. The molecule has 10 heteroatoms. The number of anilines is 2. The molecule has 0 unspecified atom stereocenters. The van der Waals surface area contributed by atoms with Crippen molar-refractivity contribution in [3.05, 3.63) is 63.7 Å². The summed E-state index contributed by atoms with van der Waals surface area (Å²) in [4.78, 5) is 9.29. The number of nitrogens with two attached hydrogens (primary N) is 1. The Morgan fingerprint density at radius 3 is 2.61 bits per heavy atom. The molecular formula is C23H19Cl3FN5S. The molecule has 0 bridgehead atoms. The van der Waals surface area contributed by atoms with Crippen LogP contribution in [0.3, 0.4) is 0 Å². The maximum atomic E-state index is 15.1. The fraction of sp³-hybridized carbons (Fsp3) is 0.217. The van der Waals surface area contributed by atoms with Gasteiger partial charge in [-0.1, -0.05) is 53.7 Å². The van der Waals surface area contributed by atoms with Gasteiger partial charge < -0.3 is 15.0 Å². The lowest BCUT2D eigenvalue weighted by atomic mass is 10.1. The topological polar surface area (TPSA) is 68.8 Å². The minimum Gasteiger partial charge on any atom is -0.383 e. The third-order valence-electron chi connectivity index (χ3n) is 5.91. The highest BCUT2D eigenvalue weighted by Crippen LogP contribution is 2.41. The summed E-state index contributed by atoms with van der Waals surface area (Å²) < 4.78 is 20.2. The van der Waals surface area contributed by atoms with Gasteiger partial charge in [0.15, 0.2) is 0 Å². The van der Waals surface area contributed by atoms with Crippen LogP contribution < -0.4 is 10.5 Å². The number of nitrogen functional groups attached to an aromatic ring is 1.